The predicted molar refractivity (Wildman–Crippen MR) is 111 cm³/mol. The molecule has 1 N–H and O–H groups in total. The van der Waals surface area contributed by atoms with Gasteiger partial charge in [-0.25, -0.2) is 13.2 Å². The van der Waals surface area contributed by atoms with Gasteiger partial charge < -0.3 is 9.84 Å². The smallest absolute Gasteiger partial charge is 0.278 e. The summed E-state index contributed by atoms with van der Waals surface area (Å²) in [4.78, 5) is 34.7. The second-order valence-electron chi connectivity index (χ2n) is 7.44. The van der Waals surface area contributed by atoms with Gasteiger partial charge in [-0.15, -0.1) is 0 Å². The second-order valence-corrected chi connectivity index (χ2v) is 7.82. The third-order valence-electron chi connectivity index (χ3n) is 5.10. The van der Waals surface area contributed by atoms with Crippen LogP contribution >= 0.6 is 11.6 Å². The van der Waals surface area contributed by atoms with Gasteiger partial charge in [0, 0.05) is 48.6 Å². The summed E-state index contributed by atoms with van der Waals surface area (Å²) in [5.41, 5.74) is -1.73. The van der Waals surface area contributed by atoms with Crippen molar-refractivity contribution in [3.8, 4) is 11.3 Å². The van der Waals surface area contributed by atoms with Gasteiger partial charge in [0.15, 0.2) is 11.8 Å². The molecule has 172 valence electrons. The van der Waals surface area contributed by atoms with Crippen molar-refractivity contribution in [2.45, 2.75) is 36.5 Å². The molecular weight excluding hydrogens is 463 g/mol. The largest absolute Gasteiger partial charge is 0.356 e. The van der Waals surface area contributed by atoms with Crippen LogP contribution in [0.4, 0.5) is 18.9 Å². The Kier molecular flexibility index (Phi) is 6.32. The van der Waals surface area contributed by atoms with Gasteiger partial charge in [0.2, 0.25) is 5.91 Å². The molecule has 1 aromatic carbocycles. The van der Waals surface area contributed by atoms with Crippen molar-refractivity contribution in [1.82, 2.24) is 20.4 Å². The third-order valence-corrected chi connectivity index (χ3v) is 5.28. The van der Waals surface area contributed by atoms with E-state index in [2.05, 4.69) is 20.4 Å². The molecule has 12 heteroatoms. The van der Waals surface area contributed by atoms with E-state index < -0.39 is 48.3 Å². The number of hydrogen-bond donors (Lipinski definition) is 1. The fourth-order valence-corrected chi connectivity index (χ4v) is 3.64. The molecule has 0 radical (unpaired) electrons. The molecule has 1 aliphatic rings. The number of anilines is 1. The molecule has 2 heterocycles. The summed E-state index contributed by atoms with van der Waals surface area (Å²) in [7, 11) is 0. The number of rotatable bonds is 7. The van der Waals surface area contributed by atoms with E-state index in [1.54, 1.807) is 18.2 Å². The summed E-state index contributed by atoms with van der Waals surface area (Å²) in [5, 5.41) is 6.10. The quantitative estimate of drug-likeness (QED) is 0.519. The Bertz CT molecular complexity index is 1110. The summed E-state index contributed by atoms with van der Waals surface area (Å²) in [6.07, 6.45) is 4.25. The predicted octanol–water partition coefficient (Wildman–Crippen LogP) is 3.65. The van der Waals surface area contributed by atoms with E-state index in [9.17, 15) is 22.8 Å². The van der Waals surface area contributed by atoms with Crippen molar-refractivity contribution < 1.29 is 27.3 Å². The van der Waals surface area contributed by atoms with Gasteiger partial charge in [-0.05, 0) is 24.3 Å². The Balaban J connectivity index is 1.71. The number of halogens is 4. The first kappa shape index (κ1) is 22.7. The highest BCUT2D eigenvalue weighted by atomic mass is 35.5. The van der Waals surface area contributed by atoms with Crippen molar-refractivity contribution in [1.29, 1.82) is 0 Å². The van der Waals surface area contributed by atoms with Crippen molar-refractivity contribution in [2.24, 2.45) is 0 Å². The molecule has 2 aromatic heterocycles. The molecule has 1 saturated carbocycles. The summed E-state index contributed by atoms with van der Waals surface area (Å²) < 4.78 is 45.6. The topological polar surface area (TPSA) is 101 Å². The SMILES string of the molecule is O=C(NC1CC(F)(F)C1)C(c1cnccn1)N(C(=O)C(F)Cl)c1ccc(-c2ccno2)cc1. The van der Waals surface area contributed by atoms with Crippen LogP contribution in [0, 0.1) is 0 Å². The van der Waals surface area contributed by atoms with Gasteiger partial charge >= 0.3 is 0 Å². The van der Waals surface area contributed by atoms with Gasteiger partial charge in [0.25, 0.3) is 17.5 Å². The molecule has 8 nitrogen and oxygen atoms in total. The normalized spacial score (nSPS) is 17.0. The number of hydrogen-bond acceptors (Lipinski definition) is 6. The summed E-state index contributed by atoms with van der Waals surface area (Å²) >= 11 is 5.46. The monoisotopic (exact) mass is 479 g/mol. The molecule has 0 spiro atoms. The van der Waals surface area contributed by atoms with Gasteiger partial charge in [-0.2, -0.15) is 0 Å². The average Bonchev–Trinajstić information content (AvgIpc) is 3.31. The molecule has 33 heavy (non-hydrogen) atoms. The summed E-state index contributed by atoms with van der Waals surface area (Å²) in [6, 6.07) is 5.40. The van der Waals surface area contributed by atoms with Gasteiger partial charge in [0.05, 0.1) is 18.1 Å². The number of carbonyl (C=O) groups is 2. The summed E-state index contributed by atoms with van der Waals surface area (Å²) in [5.74, 6) is -4.46. The third kappa shape index (κ3) is 4.98. The zero-order chi connectivity index (χ0) is 23.6. The van der Waals surface area contributed by atoms with Crippen LogP contribution < -0.4 is 10.2 Å². The van der Waals surface area contributed by atoms with Crippen LogP contribution in [-0.4, -0.2) is 44.5 Å². The fraction of sp³-hybridized carbons (Fsp3) is 0.286. The lowest BCUT2D eigenvalue weighted by Gasteiger charge is -2.37. The number of nitrogens with one attached hydrogen (secondary N) is 1. The van der Waals surface area contributed by atoms with E-state index in [4.69, 9.17) is 16.1 Å². The van der Waals surface area contributed by atoms with Crippen LogP contribution in [0.5, 0.6) is 0 Å². The average molecular weight is 480 g/mol. The fourth-order valence-electron chi connectivity index (χ4n) is 3.54. The lowest BCUT2D eigenvalue weighted by Crippen LogP contribution is -2.54. The van der Waals surface area contributed by atoms with Crippen molar-refractivity contribution in [3.63, 3.8) is 0 Å². The molecule has 3 aromatic rings. The van der Waals surface area contributed by atoms with E-state index in [-0.39, 0.29) is 11.4 Å². The standard InChI is InChI=1S/C21H17ClF3N5O3/c22-18(23)20(32)30(14-3-1-12(2-4-14)16-5-6-28-33-16)17(15-11-26-7-8-27-15)19(31)29-13-9-21(24,25)10-13/h1-8,11,13,17-18H,9-10H2,(H,29,31). The molecule has 2 unspecified atom stereocenters. The van der Waals surface area contributed by atoms with Crippen LogP contribution in [0.2, 0.25) is 0 Å². The molecule has 0 bridgehead atoms. The van der Waals surface area contributed by atoms with Crippen LogP contribution in [0.3, 0.4) is 0 Å². The molecule has 2 amide bonds. The Morgan fingerprint density at radius 3 is 2.42 bits per heavy atom. The van der Waals surface area contributed by atoms with Gasteiger partial charge in [-0.3, -0.25) is 24.5 Å². The number of benzene rings is 1. The molecule has 4 rings (SSSR count). The maximum Gasteiger partial charge on any atom is 0.278 e. The molecule has 1 fully saturated rings. The Hall–Kier alpha value is -3.47. The Morgan fingerprint density at radius 1 is 1.15 bits per heavy atom. The Labute approximate surface area is 190 Å². The second kappa shape index (κ2) is 9.18. The minimum absolute atomic E-state index is 0.00561. The van der Waals surface area contributed by atoms with Crippen LogP contribution in [-0.2, 0) is 9.59 Å². The first-order valence-electron chi connectivity index (χ1n) is 9.81. The van der Waals surface area contributed by atoms with E-state index in [0.717, 1.165) is 4.90 Å². The minimum atomic E-state index is -2.87. The van der Waals surface area contributed by atoms with Crippen molar-refractivity contribution in [2.75, 3.05) is 4.90 Å². The molecule has 2 atom stereocenters. The van der Waals surface area contributed by atoms with Crippen LogP contribution in [0.15, 0.2) is 59.6 Å². The highest BCUT2D eigenvalue weighted by Crippen LogP contribution is 2.38. The number of alkyl halides is 4. The zero-order valence-corrected chi connectivity index (χ0v) is 17.6. The highest BCUT2D eigenvalue weighted by Gasteiger charge is 2.47. The summed E-state index contributed by atoms with van der Waals surface area (Å²) in [6.45, 7) is 0. The minimum Gasteiger partial charge on any atom is -0.356 e. The van der Waals surface area contributed by atoms with E-state index in [0.29, 0.717) is 11.3 Å². The van der Waals surface area contributed by atoms with Gasteiger partial charge in [-0.1, -0.05) is 16.8 Å². The van der Waals surface area contributed by atoms with E-state index in [1.165, 1.54) is 36.9 Å². The lowest BCUT2D eigenvalue weighted by atomic mass is 9.88. The number of amides is 2. The zero-order valence-electron chi connectivity index (χ0n) is 16.9. The van der Waals surface area contributed by atoms with E-state index >= 15 is 0 Å². The maximum absolute atomic E-state index is 14.0. The van der Waals surface area contributed by atoms with E-state index in [1.807, 2.05) is 0 Å². The number of nitrogens with zero attached hydrogens (tertiary/aromatic N) is 4. The highest BCUT2D eigenvalue weighted by molar-refractivity contribution is 6.32. The molecule has 0 saturated heterocycles. The first-order chi connectivity index (χ1) is 15.7. The molecular formula is C21H17ClF3N5O3. The Morgan fingerprint density at radius 2 is 1.88 bits per heavy atom. The van der Waals surface area contributed by atoms with Crippen molar-refractivity contribution in [3.05, 3.63) is 60.8 Å². The molecule has 1 aliphatic carbocycles. The van der Waals surface area contributed by atoms with Crippen LogP contribution in [0.1, 0.15) is 24.6 Å². The first-order valence-corrected chi connectivity index (χ1v) is 10.3. The lowest BCUT2D eigenvalue weighted by molar-refractivity contribution is -0.133. The number of carbonyl (C=O) groups excluding carboxylic acids is 2. The van der Waals surface area contributed by atoms with Gasteiger partial charge in [0.1, 0.15) is 0 Å². The van der Waals surface area contributed by atoms with Crippen LogP contribution in [0.25, 0.3) is 11.3 Å². The molecule has 0 aliphatic heterocycles. The van der Waals surface area contributed by atoms with Crippen molar-refractivity contribution >= 4 is 29.1 Å². The number of aromatic nitrogens is 3. The maximum atomic E-state index is 14.0.